The summed E-state index contributed by atoms with van der Waals surface area (Å²) in [4.78, 5) is 50.6. The van der Waals surface area contributed by atoms with Gasteiger partial charge < -0.3 is 28.4 Å². The first kappa shape index (κ1) is 32.7. The second kappa shape index (κ2) is 16.6. The first-order chi connectivity index (χ1) is 20.4. The highest BCUT2D eigenvalue weighted by atomic mass is 16.6. The Kier molecular flexibility index (Phi) is 12.9. The Morgan fingerprint density at radius 2 is 0.714 bits per heavy atom. The number of unbranched alkanes of at least 4 members (excludes halogenated alkanes) is 7. The van der Waals surface area contributed by atoms with Crippen molar-refractivity contribution in [3.63, 3.8) is 0 Å². The lowest BCUT2D eigenvalue weighted by Gasteiger charge is -2.26. The molecule has 10 nitrogen and oxygen atoms in total. The Morgan fingerprint density at radius 3 is 1.00 bits per heavy atom. The summed E-state index contributed by atoms with van der Waals surface area (Å²) in [5, 5.41) is 0. The van der Waals surface area contributed by atoms with Gasteiger partial charge in [-0.05, 0) is 51.4 Å². The highest BCUT2D eigenvalue weighted by Gasteiger charge is 2.54. The molecule has 8 unspecified atom stereocenters. The number of esters is 4. The summed E-state index contributed by atoms with van der Waals surface area (Å²) < 4.78 is 33.0. The van der Waals surface area contributed by atoms with E-state index in [0.717, 1.165) is 64.2 Å². The number of carbonyl (C=O) groups is 4. The van der Waals surface area contributed by atoms with E-state index in [9.17, 15) is 19.2 Å². The van der Waals surface area contributed by atoms with E-state index < -0.39 is 23.7 Å². The van der Waals surface area contributed by atoms with Crippen molar-refractivity contribution in [3.05, 3.63) is 0 Å². The third-order valence-electron chi connectivity index (χ3n) is 9.01. The van der Waals surface area contributed by atoms with Gasteiger partial charge in [0, 0.05) is 0 Å². The summed E-state index contributed by atoms with van der Waals surface area (Å²) in [5.74, 6) is -3.18. The van der Waals surface area contributed by atoms with E-state index in [1.807, 2.05) is 13.8 Å². The molecule has 4 fully saturated rings. The molecule has 0 N–H and O–H groups in total. The minimum absolute atomic E-state index is 0.0669. The van der Waals surface area contributed by atoms with Crippen LogP contribution in [0.3, 0.4) is 0 Å². The van der Waals surface area contributed by atoms with Crippen molar-refractivity contribution in [1.82, 2.24) is 0 Å². The molecule has 4 aliphatic rings. The average Bonchev–Trinajstić information content (AvgIpc) is 3.91. The molecule has 0 bridgehead atoms. The second-order valence-corrected chi connectivity index (χ2v) is 12.3. The topological polar surface area (TPSA) is 130 Å². The maximum Gasteiger partial charge on any atom is 0.309 e. The smallest absolute Gasteiger partial charge is 0.309 e. The van der Waals surface area contributed by atoms with Crippen molar-refractivity contribution >= 4 is 23.9 Å². The molecule has 2 aliphatic carbocycles. The molecule has 10 heteroatoms. The zero-order valence-electron chi connectivity index (χ0n) is 25.4. The van der Waals surface area contributed by atoms with Crippen molar-refractivity contribution in [2.45, 2.75) is 128 Å². The number of carbonyl (C=O) groups excluding carboxylic acids is 4. The van der Waals surface area contributed by atoms with Crippen molar-refractivity contribution in [3.8, 4) is 0 Å². The number of rotatable bonds is 19. The number of fused-ring (bicyclic) bond motifs is 2. The number of hydrogen-bond donors (Lipinski definition) is 0. The van der Waals surface area contributed by atoms with E-state index in [4.69, 9.17) is 28.4 Å². The van der Waals surface area contributed by atoms with Crippen molar-refractivity contribution in [2.75, 3.05) is 26.4 Å². The van der Waals surface area contributed by atoms with Crippen molar-refractivity contribution < 1.29 is 47.6 Å². The van der Waals surface area contributed by atoms with Crippen molar-refractivity contribution in [2.24, 2.45) is 23.7 Å². The van der Waals surface area contributed by atoms with Gasteiger partial charge in [-0.3, -0.25) is 19.2 Å². The van der Waals surface area contributed by atoms with E-state index in [-0.39, 0.29) is 48.3 Å². The van der Waals surface area contributed by atoms with Crippen LogP contribution in [-0.4, -0.2) is 74.7 Å². The Hall–Kier alpha value is -2.20. The predicted molar refractivity (Wildman–Crippen MR) is 151 cm³/mol. The Morgan fingerprint density at radius 1 is 0.452 bits per heavy atom. The quantitative estimate of drug-likeness (QED) is 0.0899. The molecule has 0 radical (unpaired) electrons. The molecule has 4 rings (SSSR count). The number of epoxide rings is 2. The molecular weight excluding hydrogens is 544 g/mol. The summed E-state index contributed by atoms with van der Waals surface area (Å²) in [5.41, 5.74) is 0. The third kappa shape index (κ3) is 9.66. The SMILES string of the molecule is CCCCOC(=O)C1CC2OC2CC1C(=O)OCCCCCCCCOC(=O)C1CC2OC2CC1C(=O)OCCCC. The highest BCUT2D eigenvalue weighted by Crippen LogP contribution is 2.45. The summed E-state index contributed by atoms with van der Waals surface area (Å²) in [7, 11) is 0. The summed E-state index contributed by atoms with van der Waals surface area (Å²) in [6, 6.07) is 0. The fraction of sp³-hybridized carbons (Fsp3) is 0.875. The molecule has 2 saturated carbocycles. The zero-order chi connectivity index (χ0) is 29.9. The zero-order valence-corrected chi connectivity index (χ0v) is 25.4. The minimum Gasteiger partial charge on any atom is -0.465 e. The highest BCUT2D eigenvalue weighted by molar-refractivity contribution is 5.83. The van der Waals surface area contributed by atoms with E-state index in [2.05, 4.69) is 0 Å². The minimum atomic E-state index is -0.487. The van der Waals surface area contributed by atoms with Gasteiger partial charge in [0.1, 0.15) is 0 Å². The van der Waals surface area contributed by atoms with Crippen LogP contribution in [0.1, 0.15) is 104 Å². The summed E-state index contributed by atoms with van der Waals surface area (Å²) in [6.45, 7) is 5.53. The molecule has 0 aromatic heterocycles. The molecular formula is C32H50O10. The van der Waals surface area contributed by atoms with Crippen molar-refractivity contribution in [1.29, 1.82) is 0 Å². The van der Waals surface area contributed by atoms with Gasteiger partial charge >= 0.3 is 23.9 Å². The maximum atomic E-state index is 12.8. The molecule has 42 heavy (non-hydrogen) atoms. The van der Waals surface area contributed by atoms with E-state index >= 15 is 0 Å². The lowest BCUT2D eigenvalue weighted by molar-refractivity contribution is -0.162. The van der Waals surface area contributed by atoms with Crippen LogP contribution in [0.4, 0.5) is 0 Å². The lowest BCUT2D eigenvalue weighted by atomic mass is 9.79. The molecule has 0 aromatic carbocycles. The average molecular weight is 595 g/mol. The van der Waals surface area contributed by atoms with Gasteiger partial charge in [0.15, 0.2) is 0 Å². The largest absolute Gasteiger partial charge is 0.465 e. The van der Waals surface area contributed by atoms with Gasteiger partial charge in [-0.15, -0.1) is 0 Å². The van der Waals surface area contributed by atoms with Crippen LogP contribution < -0.4 is 0 Å². The van der Waals surface area contributed by atoms with Crippen LogP contribution in [-0.2, 0) is 47.6 Å². The Bertz CT molecular complexity index is 834. The summed E-state index contributed by atoms with van der Waals surface area (Å²) in [6.07, 6.45) is 11.3. The van der Waals surface area contributed by atoms with Gasteiger partial charge in [0.2, 0.25) is 0 Å². The fourth-order valence-corrected chi connectivity index (χ4v) is 6.21. The first-order valence-corrected chi connectivity index (χ1v) is 16.4. The molecule has 238 valence electrons. The van der Waals surface area contributed by atoms with Crippen LogP contribution in [0.2, 0.25) is 0 Å². The molecule has 0 aromatic rings. The first-order valence-electron chi connectivity index (χ1n) is 16.4. The Labute approximate surface area is 249 Å². The number of hydrogen-bond acceptors (Lipinski definition) is 10. The van der Waals surface area contributed by atoms with Crippen LogP contribution in [0, 0.1) is 23.7 Å². The van der Waals surface area contributed by atoms with Gasteiger partial charge in [0.05, 0.1) is 74.5 Å². The van der Waals surface area contributed by atoms with E-state index in [1.54, 1.807) is 0 Å². The molecule has 8 atom stereocenters. The van der Waals surface area contributed by atoms with Gasteiger partial charge in [-0.25, -0.2) is 0 Å². The molecule has 2 heterocycles. The third-order valence-corrected chi connectivity index (χ3v) is 9.01. The van der Waals surface area contributed by atoms with Crippen LogP contribution >= 0.6 is 0 Å². The van der Waals surface area contributed by atoms with Gasteiger partial charge in [-0.2, -0.15) is 0 Å². The maximum absolute atomic E-state index is 12.8. The van der Waals surface area contributed by atoms with Gasteiger partial charge in [-0.1, -0.05) is 52.4 Å². The van der Waals surface area contributed by atoms with Crippen LogP contribution in [0.5, 0.6) is 0 Å². The van der Waals surface area contributed by atoms with Crippen LogP contribution in [0.25, 0.3) is 0 Å². The van der Waals surface area contributed by atoms with E-state index in [0.29, 0.717) is 52.1 Å². The fourth-order valence-electron chi connectivity index (χ4n) is 6.21. The second-order valence-electron chi connectivity index (χ2n) is 12.3. The monoisotopic (exact) mass is 594 g/mol. The molecule has 0 amide bonds. The number of ether oxygens (including phenoxy) is 6. The predicted octanol–water partition coefficient (Wildman–Crippen LogP) is 4.69. The Balaban J connectivity index is 1.03. The van der Waals surface area contributed by atoms with Gasteiger partial charge in [0.25, 0.3) is 0 Å². The normalized spacial score (nSPS) is 30.8. The summed E-state index contributed by atoms with van der Waals surface area (Å²) >= 11 is 0. The molecule has 0 spiro atoms. The molecule has 2 saturated heterocycles. The lowest BCUT2D eigenvalue weighted by Crippen LogP contribution is -2.37. The van der Waals surface area contributed by atoms with Crippen LogP contribution in [0.15, 0.2) is 0 Å². The van der Waals surface area contributed by atoms with E-state index in [1.165, 1.54) is 0 Å². The molecule has 2 aliphatic heterocycles. The standard InChI is InChI=1S/C32H50O10/c1-3-5-13-37-29(33)21-17-25-27(41-25)19-23(21)31(35)39-15-11-9-7-8-10-12-16-40-32(36)24-20-28-26(42-28)18-22(24)30(34)38-14-6-4-2/h21-28H,3-20H2,1-2H3.